The van der Waals surface area contributed by atoms with Gasteiger partial charge in [0, 0.05) is 6.61 Å². The van der Waals surface area contributed by atoms with Crippen molar-refractivity contribution in [3.63, 3.8) is 0 Å². The van der Waals surface area contributed by atoms with E-state index in [1.807, 2.05) is 0 Å². The van der Waals surface area contributed by atoms with Gasteiger partial charge in [0.15, 0.2) is 0 Å². The molecule has 0 aliphatic carbocycles. The van der Waals surface area contributed by atoms with E-state index in [0.29, 0.717) is 6.61 Å². The van der Waals surface area contributed by atoms with Gasteiger partial charge in [-0.2, -0.15) is 0 Å². The van der Waals surface area contributed by atoms with Crippen LogP contribution in [0.15, 0.2) is 12.7 Å². The largest absolute Gasteiger partial charge is 0.377 e. The molecule has 1 heteroatoms. The van der Waals surface area contributed by atoms with Crippen molar-refractivity contribution in [3.8, 4) is 0 Å². The highest BCUT2D eigenvalue weighted by Crippen LogP contribution is 2.02. The molecule has 0 saturated heterocycles. The molecule has 0 spiro atoms. The second-order valence-electron chi connectivity index (χ2n) is 2.90. The Morgan fingerprint density at radius 3 is 2.70 bits per heavy atom. The van der Waals surface area contributed by atoms with Gasteiger partial charge in [-0.25, -0.2) is 0 Å². The summed E-state index contributed by atoms with van der Waals surface area (Å²) in [5, 5.41) is 0. The molecule has 0 fully saturated rings. The molecule has 0 aromatic carbocycles. The summed E-state index contributed by atoms with van der Waals surface area (Å²) in [5.74, 6) is 0.798. The summed E-state index contributed by atoms with van der Waals surface area (Å²) in [6.07, 6.45) is 4.22. The molecule has 10 heavy (non-hydrogen) atoms. The first kappa shape index (κ1) is 9.70. The second kappa shape index (κ2) is 6.81. The molecule has 0 aliphatic rings. The standard InChI is InChI=1S/C9H18O/c1-4-7-10-8-5-6-9(2)3/h4,9H,1,5-8H2,2-3H3. The molecule has 0 radical (unpaired) electrons. The Kier molecular flexibility index (Phi) is 6.61. The predicted molar refractivity (Wildman–Crippen MR) is 45.1 cm³/mol. The summed E-state index contributed by atoms with van der Waals surface area (Å²) in [7, 11) is 0. The normalized spacial score (nSPS) is 10.3. The Morgan fingerprint density at radius 2 is 2.20 bits per heavy atom. The predicted octanol–water partition coefficient (Wildman–Crippen LogP) is 2.63. The first-order valence-electron chi connectivity index (χ1n) is 3.96. The number of hydrogen-bond donors (Lipinski definition) is 0. The molecule has 0 aromatic heterocycles. The maximum absolute atomic E-state index is 5.22. The van der Waals surface area contributed by atoms with E-state index in [4.69, 9.17) is 4.74 Å². The van der Waals surface area contributed by atoms with Crippen LogP contribution in [0.2, 0.25) is 0 Å². The van der Waals surface area contributed by atoms with Crippen LogP contribution in [-0.2, 0) is 4.74 Å². The van der Waals surface area contributed by atoms with Crippen LogP contribution >= 0.6 is 0 Å². The van der Waals surface area contributed by atoms with Gasteiger partial charge in [-0.1, -0.05) is 19.9 Å². The second-order valence-corrected chi connectivity index (χ2v) is 2.90. The van der Waals surface area contributed by atoms with Gasteiger partial charge in [0.2, 0.25) is 0 Å². The lowest BCUT2D eigenvalue weighted by atomic mass is 10.1. The smallest absolute Gasteiger partial charge is 0.0644 e. The lowest BCUT2D eigenvalue weighted by Gasteiger charge is -2.03. The van der Waals surface area contributed by atoms with Gasteiger partial charge in [-0.05, 0) is 18.8 Å². The van der Waals surface area contributed by atoms with E-state index in [2.05, 4.69) is 20.4 Å². The van der Waals surface area contributed by atoms with E-state index in [-0.39, 0.29) is 0 Å². The molecule has 0 saturated carbocycles. The maximum Gasteiger partial charge on any atom is 0.0644 e. The summed E-state index contributed by atoms with van der Waals surface area (Å²) >= 11 is 0. The van der Waals surface area contributed by atoms with Crippen molar-refractivity contribution in [1.82, 2.24) is 0 Å². The Hall–Kier alpha value is -0.300. The minimum Gasteiger partial charge on any atom is -0.377 e. The molecule has 0 heterocycles. The summed E-state index contributed by atoms with van der Waals surface area (Å²) in [6, 6.07) is 0. The molecule has 0 atom stereocenters. The van der Waals surface area contributed by atoms with E-state index < -0.39 is 0 Å². The van der Waals surface area contributed by atoms with Crippen molar-refractivity contribution in [2.75, 3.05) is 13.2 Å². The molecule has 60 valence electrons. The van der Waals surface area contributed by atoms with Crippen LogP contribution in [-0.4, -0.2) is 13.2 Å². The van der Waals surface area contributed by atoms with Crippen LogP contribution in [0.4, 0.5) is 0 Å². The highest BCUT2D eigenvalue weighted by Gasteiger charge is 1.92. The molecule has 0 unspecified atom stereocenters. The zero-order chi connectivity index (χ0) is 7.82. The third-order valence-electron chi connectivity index (χ3n) is 1.31. The summed E-state index contributed by atoms with van der Waals surface area (Å²) < 4.78 is 5.22. The van der Waals surface area contributed by atoms with Crippen molar-refractivity contribution in [1.29, 1.82) is 0 Å². The first-order chi connectivity index (χ1) is 4.77. The molecular weight excluding hydrogens is 124 g/mol. The van der Waals surface area contributed by atoms with Crippen molar-refractivity contribution in [2.45, 2.75) is 26.7 Å². The van der Waals surface area contributed by atoms with Gasteiger partial charge in [0.05, 0.1) is 6.61 Å². The third kappa shape index (κ3) is 7.70. The topological polar surface area (TPSA) is 9.23 Å². The number of ether oxygens (including phenoxy) is 1. The minimum atomic E-state index is 0.693. The Morgan fingerprint density at radius 1 is 1.50 bits per heavy atom. The van der Waals surface area contributed by atoms with Gasteiger partial charge in [0.1, 0.15) is 0 Å². The van der Waals surface area contributed by atoms with E-state index in [0.717, 1.165) is 12.5 Å². The first-order valence-corrected chi connectivity index (χ1v) is 3.96. The Balaban J connectivity index is 2.83. The van der Waals surface area contributed by atoms with Gasteiger partial charge >= 0.3 is 0 Å². The highest BCUT2D eigenvalue weighted by atomic mass is 16.5. The molecule has 0 bridgehead atoms. The quantitative estimate of drug-likeness (QED) is 0.409. The van der Waals surface area contributed by atoms with Crippen molar-refractivity contribution in [2.24, 2.45) is 5.92 Å². The maximum atomic E-state index is 5.22. The zero-order valence-electron chi connectivity index (χ0n) is 7.10. The molecule has 1 nitrogen and oxygen atoms in total. The summed E-state index contributed by atoms with van der Waals surface area (Å²) in [5.41, 5.74) is 0. The SMILES string of the molecule is C=CCOCCCC(C)C. The molecule has 0 N–H and O–H groups in total. The Labute approximate surface area is 64.1 Å². The zero-order valence-corrected chi connectivity index (χ0v) is 7.10. The molecule has 0 aliphatic heterocycles. The van der Waals surface area contributed by atoms with Gasteiger partial charge < -0.3 is 4.74 Å². The van der Waals surface area contributed by atoms with Crippen LogP contribution in [0, 0.1) is 5.92 Å². The third-order valence-corrected chi connectivity index (χ3v) is 1.31. The van der Waals surface area contributed by atoms with E-state index in [1.54, 1.807) is 6.08 Å². The van der Waals surface area contributed by atoms with Crippen molar-refractivity contribution < 1.29 is 4.74 Å². The number of hydrogen-bond acceptors (Lipinski definition) is 1. The Bertz CT molecular complexity index is 76.8. The monoisotopic (exact) mass is 142 g/mol. The van der Waals surface area contributed by atoms with Crippen molar-refractivity contribution in [3.05, 3.63) is 12.7 Å². The van der Waals surface area contributed by atoms with E-state index in [1.165, 1.54) is 12.8 Å². The van der Waals surface area contributed by atoms with Gasteiger partial charge in [-0.3, -0.25) is 0 Å². The number of rotatable bonds is 6. The van der Waals surface area contributed by atoms with Crippen LogP contribution in [0.3, 0.4) is 0 Å². The van der Waals surface area contributed by atoms with E-state index >= 15 is 0 Å². The van der Waals surface area contributed by atoms with Gasteiger partial charge in [0.25, 0.3) is 0 Å². The van der Waals surface area contributed by atoms with Crippen LogP contribution in [0.1, 0.15) is 26.7 Å². The minimum absolute atomic E-state index is 0.693. The average molecular weight is 142 g/mol. The fourth-order valence-corrected chi connectivity index (χ4v) is 0.760. The average Bonchev–Trinajstić information content (AvgIpc) is 1.87. The fourth-order valence-electron chi connectivity index (χ4n) is 0.760. The molecule has 0 aromatic rings. The highest BCUT2D eigenvalue weighted by molar-refractivity contribution is 4.63. The molecule has 0 rings (SSSR count). The fraction of sp³-hybridized carbons (Fsp3) is 0.778. The van der Waals surface area contributed by atoms with E-state index in [9.17, 15) is 0 Å². The van der Waals surface area contributed by atoms with Crippen molar-refractivity contribution >= 4 is 0 Å². The van der Waals surface area contributed by atoms with Gasteiger partial charge in [-0.15, -0.1) is 6.58 Å². The summed E-state index contributed by atoms with van der Waals surface area (Å²) in [4.78, 5) is 0. The lowest BCUT2D eigenvalue weighted by molar-refractivity contribution is 0.155. The van der Waals surface area contributed by atoms with Crippen LogP contribution in [0.25, 0.3) is 0 Å². The molecular formula is C9H18O. The van der Waals surface area contributed by atoms with Crippen LogP contribution in [0.5, 0.6) is 0 Å². The summed E-state index contributed by atoms with van der Waals surface area (Å²) in [6.45, 7) is 9.60. The lowest BCUT2D eigenvalue weighted by Crippen LogP contribution is -1.96. The molecule has 0 amide bonds. The van der Waals surface area contributed by atoms with Crippen LogP contribution < -0.4 is 0 Å².